The maximum Gasteiger partial charge on any atom is 0.144 e. The Labute approximate surface area is 123 Å². The third-order valence-corrected chi connectivity index (χ3v) is 4.51. The predicted octanol–water partition coefficient (Wildman–Crippen LogP) is -1.66. The van der Waals surface area contributed by atoms with Gasteiger partial charge in [-0.15, -0.1) is 0 Å². The van der Waals surface area contributed by atoms with Crippen molar-refractivity contribution in [3.8, 4) is 5.75 Å². The number of hydrogen-bond acceptors (Lipinski definition) is 2. The Morgan fingerprint density at radius 2 is 2.10 bits per heavy atom. The summed E-state index contributed by atoms with van der Waals surface area (Å²) in [7, 11) is 10.7. The van der Waals surface area contributed by atoms with Crippen LogP contribution < -0.4 is 10.2 Å². The Morgan fingerprint density at radius 1 is 1.35 bits per heavy atom. The number of H-pyrrole nitrogens is 1. The fourth-order valence-corrected chi connectivity index (χ4v) is 3.58. The average molecular weight is 266 g/mol. The van der Waals surface area contributed by atoms with Gasteiger partial charge in [-0.05, 0) is 36.3 Å². The first kappa shape index (κ1) is 13.7. The first-order valence-corrected chi connectivity index (χ1v) is 7.30. The van der Waals surface area contributed by atoms with E-state index in [1.54, 1.807) is 7.11 Å². The smallest absolute Gasteiger partial charge is 0.144 e. The third-order valence-electron chi connectivity index (χ3n) is 4.51. The van der Waals surface area contributed by atoms with Crippen LogP contribution in [0.1, 0.15) is 11.3 Å². The fraction of sp³-hybridized carbons (Fsp3) is 0.429. The van der Waals surface area contributed by atoms with Gasteiger partial charge in [0.05, 0.1) is 7.11 Å². The molecule has 102 valence electrons. The van der Waals surface area contributed by atoms with Gasteiger partial charge in [-0.1, -0.05) is 6.07 Å². The molecule has 0 bridgehead atoms. The van der Waals surface area contributed by atoms with E-state index in [1.807, 2.05) is 0 Å². The number of hydrogen-bond donors (Lipinski definition) is 1. The molecule has 1 aliphatic rings. The third kappa shape index (κ3) is 2.06. The van der Waals surface area contributed by atoms with Crippen LogP contribution in [0.25, 0.3) is 10.9 Å². The molecule has 0 saturated carbocycles. The summed E-state index contributed by atoms with van der Waals surface area (Å²) in [5.41, 5.74) is 5.29. The molecule has 3 nitrogen and oxygen atoms in total. The number of benzene rings is 1. The fourth-order valence-electron chi connectivity index (χ4n) is 3.58. The van der Waals surface area contributed by atoms with Gasteiger partial charge in [0.25, 0.3) is 0 Å². The topological polar surface area (TPSA) is 28.3 Å². The van der Waals surface area contributed by atoms with E-state index in [0.29, 0.717) is 0 Å². The van der Waals surface area contributed by atoms with E-state index >= 15 is 0 Å². The van der Waals surface area contributed by atoms with Crippen molar-refractivity contribution >= 4 is 39.9 Å². The predicted molar refractivity (Wildman–Crippen MR) is 93.0 cm³/mol. The highest BCUT2D eigenvalue weighted by molar-refractivity contribution is 6.40. The molecule has 0 atom stereocenters. The molecule has 2 heterocycles. The van der Waals surface area contributed by atoms with Crippen LogP contribution in [0.15, 0.2) is 12.1 Å². The molecule has 1 N–H and O–H groups in total. The quantitative estimate of drug-likeness (QED) is 0.626. The summed E-state index contributed by atoms with van der Waals surface area (Å²) in [6.45, 7) is 2.21. The van der Waals surface area contributed by atoms with Gasteiger partial charge in [0.15, 0.2) is 0 Å². The first-order chi connectivity index (χ1) is 9.42. The first-order valence-electron chi connectivity index (χ1n) is 7.30. The number of ether oxygens (including phenoxy) is 1. The van der Waals surface area contributed by atoms with E-state index in [-0.39, 0.29) is 5.21 Å². The molecule has 1 aliphatic heterocycles. The van der Waals surface area contributed by atoms with Crippen LogP contribution in [0.4, 0.5) is 0 Å². The Kier molecular flexibility index (Phi) is 3.16. The molecule has 0 radical (unpaired) electrons. The molecule has 20 heavy (non-hydrogen) atoms. The minimum absolute atomic E-state index is 0.154. The second-order valence-electron chi connectivity index (χ2n) is 6.72. The molecule has 0 fully saturated rings. The van der Waals surface area contributed by atoms with Crippen molar-refractivity contribution in [3.63, 3.8) is 0 Å². The van der Waals surface area contributed by atoms with E-state index in [0.717, 1.165) is 25.3 Å². The molecule has 0 aliphatic carbocycles. The van der Waals surface area contributed by atoms with Gasteiger partial charge in [0.2, 0.25) is 0 Å². The highest BCUT2D eigenvalue weighted by Crippen LogP contribution is 2.32. The normalized spacial score (nSPS) is 18.7. The van der Waals surface area contributed by atoms with Gasteiger partial charge < -0.3 is 14.6 Å². The maximum atomic E-state index is 5.45. The number of nitrogens with zero attached hydrogens (tertiary/aromatic N) is 1. The molecule has 6 heteroatoms. The highest BCUT2D eigenvalue weighted by atomic mass is 16.5. The maximum absolute atomic E-state index is 5.45. The van der Waals surface area contributed by atoms with Crippen molar-refractivity contribution < 1.29 is 4.74 Å². The monoisotopic (exact) mass is 266 g/mol. The average Bonchev–Trinajstić information content (AvgIpc) is 2.68. The van der Waals surface area contributed by atoms with E-state index in [1.165, 1.54) is 27.6 Å². The summed E-state index contributed by atoms with van der Waals surface area (Å²) in [4.78, 5) is 6.09. The van der Waals surface area contributed by atoms with E-state index < -0.39 is 0 Å². The number of fused-ring (bicyclic) bond motifs is 3. The SMILES string of the molecule is Bc1cc2c3c([nH]c2cc1OC)C(B)(B)CN(C)CC3. The zero-order valence-corrected chi connectivity index (χ0v) is 13.1. The number of aromatic amines is 1. The lowest BCUT2D eigenvalue weighted by molar-refractivity contribution is 0.337. The standard InChI is InChI=1S/C14H21B3N2O/c1-19-4-3-8-9-5-10(15)12(20-2)6-11(9)18-13(8)14(16,17)7-19/h5-6,18H,3-4,7,15-17H2,1-2H3. The van der Waals surface area contributed by atoms with E-state index in [4.69, 9.17) is 4.74 Å². The zero-order valence-electron chi connectivity index (χ0n) is 13.1. The van der Waals surface area contributed by atoms with Crippen LogP contribution in [0, 0.1) is 0 Å². The summed E-state index contributed by atoms with van der Waals surface area (Å²) in [6, 6.07) is 4.41. The minimum Gasteiger partial charge on any atom is -0.497 e. The molecular weight excluding hydrogens is 245 g/mol. The Balaban J connectivity index is 2.24. The number of nitrogens with one attached hydrogen (secondary N) is 1. The van der Waals surface area contributed by atoms with Crippen LogP contribution in [-0.4, -0.2) is 60.7 Å². The Morgan fingerprint density at radius 3 is 2.80 bits per heavy atom. The van der Waals surface area contributed by atoms with Crippen molar-refractivity contribution in [1.29, 1.82) is 0 Å². The molecule has 3 rings (SSSR count). The number of likely N-dealkylation sites (N-methyl/N-ethyl adjacent to an activating group) is 1. The second-order valence-corrected chi connectivity index (χ2v) is 6.72. The molecule has 1 aromatic carbocycles. The molecule has 2 aromatic rings. The lowest BCUT2D eigenvalue weighted by Gasteiger charge is -2.27. The molecular formula is C14H21B3N2O. The minimum atomic E-state index is 0.154. The lowest BCUT2D eigenvalue weighted by Crippen LogP contribution is -2.39. The van der Waals surface area contributed by atoms with Crippen molar-refractivity contribution in [3.05, 3.63) is 23.4 Å². The van der Waals surface area contributed by atoms with Crippen molar-refractivity contribution in [2.75, 3.05) is 27.2 Å². The van der Waals surface area contributed by atoms with Gasteiger partial charge in [-0.3, -0.25) is 0 Å². The van der Waals surface area contributed by atoms with Crippen LogP contribution in [0.2, 0.25) is 0 Å². The molecule has 0 unspecified atom stereocenters. The van der Waals surface area contributed by atoms with Crippen LogP contribution >= 0.6 is 0 Å². The summed E-state index contributed by atoms with van der Waals surface area (Å²) in [6.07, 6.45) is 1.11. The summed E-state index contributed by atoms with van der Waals surface area (Å²) >= 11 is 0. The second kappa shape index (κ2) is 4.62. The highest BCUT2D eigenvalue weighted by Gasteiger charge is 2.31. The molecule has 0 spiro atoms. The van der Waals surface area contributed by atoms with Crippen molar-refractivity contribution in [2.24, 2.45) is 0 Å². The van der Waals surface area contributed by atoms with Gasteiger partial charge in [0, 0.05) is 29.2 Å². The van der Waals surface area contributed by atoms with Crippen molar-refractivity contribution in [1.82, 2.24) is 9.88 Å². The van der Waals surface area contributed by atoms with Gasteiger partial charge in [-0.2, -0.15) is 0 Å². The van der Waals surface area contributed by atoms with Crippen LogP contribution in [0.5, 0.6) is 5.75 Å². The number of aromatic nitrogens is 1. The van der Waals surface area contributed by atoms with E-state index in [2.05, 4.69) is 52.6 Å². The largest absolute Gasteiger partial charge is 0.497 e. The zero-order chi connectivity index (χ0) is 14.5. The Hall–Kier alpha value is -1.29. The van der Waals surface area contributed by atoms with Gasteiger partial charge in [0.1, 0.15) is 29.3 Å². The van der Waals surface area contributed by atoms with Crippen molar-refractivity contribution in [2.45, 2.75) is 11.6 Å². The lowest BCUT2D eigenvalue weighted by atomic mass is 9.52. The Bertz CT molecular complexity index is 666. The summed E-state index contributed by atoms with van der Waals surface area (Å²) < 4.78 is 5.45. The van der Waals surface area contributed by atoms with E-state index in [9.17, 15) is 0 Å². The number of rotatable bonds is 1. The van der Waals surface area contributed by atoms with Gasteiger partial charge in [-0.25, -0.2) is 0 Å². The molecule has 0 amide bonds. The van der Waals surface area contributed by atoms with Crippen LogP contribution in [0.3, 0.4) is 0 Å². The van der Waals surface area contributed by atoms with Gasteiger partial charge >= 0.3 is 0 Å². The summed E-state index contributed by atoms with van der Waals surface area (Å²) in [5.74, 6) is 0.962. The molecule has 1 aromatic heterocycles. The number of methoxy groups -OCH3 is 1. The summed E-state index contributed by atoms with van der Waals surface area (Å²) in [5, 5.41) is 1.52. The van der Waals surface area contributed by atoms with Crippen LogP contribution in [-0.2, 0) is 11.6 Å². The molecule has 0 saturated heterocycles.